The van der Waals surface area contributed by atoms with Crippen LogP contribution in [0.3, 0.4) is 0 Å². The molecular formula is C8H15O7P. The van der Waals surface area contributed by atoms with Crippen molar-refractivity contribution in [3.8, 4) is 0 Å². The molecule has 0 aliphatic rings. The summed E-state index contributed by atoms with van der Waals surface area (Å²) in [7, 11) is -4.61. The first-order chi connectivity index (χ1) is 7.26. The molecule has 0 saturated heterocycles. The van der Waals surface area contributed by atoms with Crippen LogP contribution in [0.2, 0.25) is 0 Å². The standard InChI is InChI=1S/C8H15O7P/c1-6(2)8(10)15-7(3-4-9)5-14-16(11,12)13/h7,9H,1,3-5H2,2H3,(H2,11,12,13). The molecule has 1 atom stereocenters. The fraction of sp³-hybridized carbons (Fsp3) is 0.625. The van der Waals surface area contributed by atoms with Gasteiger partial charge in [0, 0.05) is 18.6 Å². The van der Waals surface area contributed by atoms with E-state index in [2.05, 4.69) is 11.1 Å². The lowest BCUT2D eigenvalue weighted by Crippen LogP contribution is -2.24. The zero-order valence-electron chi connectivity index (χ0n) is 8.83. The Morgan fingerprint density at radius 3 is 2.44 bits per heavy atom. The fourth-order valence-corrected chi connectivity index (χ4v) is 1.11. The minimum atomic E-state index is -4.61. The van der Waals surface area contributed by atoms with Gasteiger partial charge >= 0.3 is 13.8 Å². The van der Waals surface area contributed by atoms with E-state index in [1.165, 1.54) is 6.92 Å². The van der Waals surface area contributed by atoms with Gasteiger partial charge in [-0.1, -0.05) is 6.58 Å². The normalized spacial score (nSPS) is 13.2. The molecule has 3 N–H and O–H groups in total. The Balaban J connectivity index is 4.22. The van der Waals surface area contributed by atoms with Gasteiger partial charge in [0.15, 0.2) is 0 Å². The topological polar surface area (TPSA) is 113 Å². The highest BCUT2D eigenvalue weighted by Gasteiger charge is 2.21. The van der Waals surface area contributed by atoms with Gasteiger partial charge in [-0.15, -0.1) is 0 Å². The first-order valence-corrected chi connectivity index (χ1v) is 5.96. The van der Waals surface area contributed by atoms with Gasteiger partial charge in [0.1, 0.15) is 6.10 Å². The van der Waals surface area contributed by atoms with Gasteiger partial charge in [0.2, 0.25) is 0 Å². The predicted octanol–water partition coefficient (Wildman–Crippen LogP) is -0.0340. The highest BCUT2D eigenvalue weighted by molar-refractivity contribution is 7.46. The summed E-state index contributed by atoms with van der Waals surface area (Å²) in [4.78, 5) is 28.0. The third-order valence-corrected chi connectivity index (χ3v) is 1.99. The van der Waals surface area contributed by atoms with E-state index in [0.29, 0.717) is 0 Å². The van der Waals surface area contributed by atoms with Crippen LogP contribution in [0.1, 0.15) is 13.3 Å². The Kier molecular flexibility index (Phi) is 6.47. The smallest absolute Gasteiger partial charge is 0.456 e. The minimum absolute atomic E-state index is 0.0268. The lowest BCUT2D eigenvalue weighted by Gasteiger charge is -2.17. The summed E-state index contributed by atoms with van der Waals surface area (Å²) in [5.41, 5.74) is 0.152. The number of carbonyl (C=O) groups is 1. The van der Waals surface area contributed by atoms with E-state index in [0.717, 1.165) is 0 Å². The molecule has 0 fully saturated rings. The van der Waals surface area contributed by atoms with Crippen LogP contribution in [0.15, 0.2) is 12.2 Å². The molecule has 0 aliphatic heterocycles. The lowest BCUT2D eigenvalue weighted by molar-refractivity contribution is -0.146. The van der Waals surface area contributed by atoms with E-state index in [1.54, 1.807) is 0 Å². The van der Waals surface area contributed by atoms with E-state index >= 15 is 0 Å². The summed E-state index contributed by atoms with van der Waals surface area (Å²) in [6.45, 7) is 4.00. The Bertz CT molecular complexity index is 295. The van der Waals surface area contributed by atoms with Gasteiger partial charge in [-0.2, -0.15) is 0 Å². The van der Waals surface area contributed by atoms with Gasteiger partial charge in [-0.25, -0.2) is 9.36 Å². The lowest BCUT2D eigenvalue weighted by atomic mass is 10.2. The van der Waals surface area contributed by atoms with E-state index in [-0.39, 0.29) is 18.6 Å². The Morgan fingerprint density at radius 2 is 2.06 bits per heavy atom. The fourth-order valence-electron chi connectivity index (χ4n) is 0.752. The van der Waals surface area contributed by atoms with Crippen molar-refractivity contribution in [2.24, 2.45) is 0 Å². The van der Waals surface area contributed by atoms with Crippen LogP contribution in [-0.4, -0.2) is 40.2 Å². The van der Waals surface area contributed by atoms with Crippen LogP contribution in [0.5, 0.6) is 0 Å². The number of esters is 1. The first kappa shape index (κ1) is 15.3. The van der Waals surface area contributed by atoms with E-state index < -0.39 is 26.5 Å². The SMILES string of the molecule is C=C(C)C(=O)OC(CCO)COP(=O)(O)O. The number of hydrogen-bond donors (Lipinski definition) is 3. The maximum atomic E-state index is 11.1. The zero-order chi connectivity index (χ0) is 12.8. The van der Waals surface area contributed by atoms with Gasteiger partial charge in [0.25, 0.3) is 0 Å². The minimum Gasteiger partial charge on any atom is -0.456 e. The average molecular weight is 254 g/mol. The summed E-state index contributed by atoms with van der Waals surface area (Å²) >= 11 is 0. The molecule has 7 nitrogen and oxygen atoms in total. The molecule has 0 rings (SSSR count). The molecule has 0 heterocycles. The molecular weight excluding hydrogens is 239 g/mol. The zero-order valence-corrected chi connectivity index (χ0v) is 9.72. The Labute approximate surface area is 92.9 Å². The van der Waals surface area contributed by atoms with Crippen molar-refractivity contribution in [1.82, 2.24) is 0 Å². The summed E-state index contributed by atoms with van der Waals surface area (Å²) < 4.78 is 19.4. The molecule has 0 aromatic carbocycles. The van der Waals surface area contributed by atoms with Crippen molar-refractivity contribution in [2.45, 2.75) is 19.4 Å². The number of aliphatic hydroxyl groups excluding tert-OH is 1. The predicted molar refractivity (Wildman–Crippen MR) is 54.4 cm³/mol. The summed E-state index contributed by atoms with van der Waals surface area (Å²) in [6, 6.07) is 0. The third kappa shape index (κ3) is 7.56. The van der Waals surface area contributed by atoms with Gasteiger partial charge in [0.05, 0.1) is 6.61 Å². The van der Waals surface area contributed by atoms with E-state index in [4.69, 9.17) is 19.6 Å². The number of aliphatic hydroxyl groups is 1. The number of ether oxygens (including phenoxy) is 1. The largest absolute Gasteiger partial charge is 0.469 e. The summed E-state index contributed by atoms with van der Waals surface area (Å²) in [6.07, 6.45) is -0.888. The number of rotatable bonds is 7. The highest BCUT2D eigenvalue weighted by atomic mass is 31.2. The second kappa shape index (κ2) is 6.78. The first-order valence-electron chi connectivity index (χ1n) is 4.43. The van der Waals surface area contributed by atoms with Crippen molar-refractivity contribution in [2.75, 3.05) is 13.2 Å². The van der Waals surface area contributed by atoms with Crippen LogP contribution >= 0.6 is 7.82 Å². The molecule has 8 heteroatoms. The average Bonchev–Trinajstić information content (AvgIpc) is 2.13. The summed E-state index contributed by atoms with van der Waals surface area (Å²) in [5.74, 6) is -0.701. The van der Waals surface area contributed by atoms with Crippen molar-refractivity contribution in [3.05, 3.63) is 12.2 Å². The second-order valence-corrected chi connectivity index (χ2v) is 4.35. The van der Waals surface area contributed by atoms with Crippen molar-refractivity contribution in [3.63, 3.8) is 0 Å². The quantitative estimate of drug-likeness (QED) is 0.332. The van der Waals surface area contributed by atoms with Crippen LogP contribution in [0.4, 0.5) is 0 Å². The van der Waals surface area contributed by atoms with Gasteiger partial charge < -0.3 is 19.6 Å². The Hall–Kier alpha value is -0.720. The molecule has 0 bridgehead atoms. The van der Waals surface area contributed by atoms with Crippen LogP contribution in [-0.2, 0) is 18.6 Å². The number of carbonyl (C=O) groups excluding carboxylic acids is 1. The molecule has 0 amide bonds. The van der Waals surface area contributed by atoms with Crippen LogP contribution < -0.4 is 0 Å². The molecule has 0 saturated carbocycles. The Morgan fingerprint density at radius 1 is 1.50 bits per heavy atom. The van der Waals surface area contributed by atoms with Crippen molar-refractivity contribution >= 4 is 13.8 Å². The van der Waals surface area contributed by atoms with E-state index in [1.807, 2.05) is 0 Å². The molecule has 1 unspecified atom stereocenters. The molecule has 0 spiro atoms. The molecule has 0 radical (unpaired) electrons. The highest BCUT2D eigenvalue weighted by Crippen LogP contribution is 2.36. The second-order valence-electron chi connectivity index (χ2n) is 3.11. The maximum Gasteiger partial charge on any atom is 0.469 e. The van der Waals surface area contributed by atoms with Crippen LogP contribution in [0.25, 0.3) is 0 Å². The number of phosphoric ester groups is 1. The molecule has 0 aliphatic carbocycles. The van der Waals surface area contributed by atoms with Gasteiger partial charge in [-0.3, -0.25) is 4.52 Å². The molecule has 0 aromatic heterocycles. The number of hydrogen-bond acceptors (Lipinski definition) is 5. The maximum absolute atomic E-state index is 11.1. The molecule has 16 heavy (non-hydrogen) atoms. The van der Waals surface area contributed by atoms with Crippen LogP contribution in [0, 0.1) is 0 Å². The van der Waals surface area contributed by atoms with Gasteiger partial charge in [-0.05, 0) is 6.92 Å². The molecule has 94 valence electrons. The van der Waals surface area contributed by atoms with E-state index in [9.17, 15) is 9.36 Å². The third-order valence-electron chi connectivity index (χ3n) is 1.50. The van der Waals surface area contributed by atoms with Crippen molar-refractivity contribution in [1.29, 1.82) is 0 Å². The number of phosphoric acid groups is 1. The summed E-state index contributed by atoms with van der Waals surface area (Å²) in [5, 5.41) is 8.65. The van der Waals surface area contributed by atoms with Crippen molar-refractivity contribution < 1.29 is 33.5 Å². The molecule has 0 aromatic rings. The monoisotopic (exact) mass is 254 g/mol.